The first-order valence-corrected chi connectivity index (χ1v) is 13.0. The van der Waals surface area contributed by atoms with Crippen LogP contribution in [-0.2, 0) is 24.2 Å². The standard InChI is InChI=1S/C24H25N5OS2/c25-14-19-18-8-4-5-9-20(18)32-23(19)26-21(30)12-13-31-24-28-27-22(17-10-11-17)29(24)15-16-6-2-1-3-7-16/h1-3,6-7,17H,4-5,8-13,15H2,(H,26,30). The van der Waals surface area contributed by atoms with E-state index in [9.17, 15) is 10.1 Å². The fraction of sp³-hybridized carbons (Fsp3) is 0.417. The number of carbonyl (C=O) groups excluding carboxylic acids is 1. The zero-order chi connectivity index (χ0) is 21.9. The zero-order valence-corrected chi connectivity index (χ0v) is 19.5. The second-order valence-corrected chi connectivity index (χ2v) is 10.5. The Labute approximate surface area is 196 Å². The van der Waals surface area contributed by atoms with Gasteiger partial charge in [-0.05, 0) is 49.7 Å². The van der Waals surface area contributed by atoms with Gasteiger partial charge < -0.3 is 9.88 Å². The third-order valence-electron chi connectivity index (χ3n) is 5.97. The SMILES string of the molecule is N#Cc1c(NC(=O)CCSc2nnc(C3CC3)n2Cc2ccccc2)sc2c1CCCC2. The summed E-state index contributed by atoms with van der Waals surface area (Å²) in [6.07, 6.45) is 6.96. The minimum Gasteiger partial charge on any atom is -0.317 e. The van der Waals surface area contributed by atoms with Crippen molar-refractivity contribution >= 4 is 34.0 Å². The Bertz CT molecular complexity index is 1160. The van der Waals surface area contributed by atoms with Gasteiger partial charge in [0.05, 0.1) is 12.1 Å². The van der Waals surface area contributed by atoms with Gasteiger partial charge in [0.15, 0.2) is 5.16 Å². The molecule has 164 valence electrons. The molecule has 2 aromatic heterocycles. The molecule has 1 saturated carbocycles. The fourth-order valence-electron chi connectivity index (χ4n) is 4.16. The molecular formula is C24H25N5OS2. The zero-order valence-electron chi connectivity index (χ0n) is 17.8. The molecule has 0 radical (unpaired) electrons. The van der Waals surface area contributed by atoms with Crippen LogP contribution in [0.2, 0.25) is 0 Å². The molecular weight excluding hydrogens is 438 g/mol. The maximum absolute atomic E-state index is 12.6. The van der Waals surface area contributed by atoms with Crippen LogP contribution in [0, 0.1) is 11.3 Å². The summed E-state index contributed by atoms with van der Waals surface area (Å²) in [7, 11) is 0. The highest BCUT2D eigenvalue weighted by atomic mass is 32.2. The number of anilines is 1. The maximum Gasteiger partial charge on any atom is 0.225 e. The summed E-state index contributed by atoms with van der Waals surface area (Å²) in [6.45, 7) is 0.750. The number of nitriles is 1. The van der Waals surface area contributed by atoms with Crippen LogP contribution in [0.1, 0.15) is 65.4 Å². The molecule has 1 N–H and O–H groups in total. The van der Waals surface area contributed by atoms with Gasteiger partial charge in [-0.25, -0.2) is 0 Å². The normalized spacial score (nSPS) is 15.2. The number of hydrogen-bond acceptors (Lipinski definition) is 6. The van der Waals surface area contributed by atoms with E-state index in [2.05, 4.69) is 38.3 Å². The van der Waals surface area contributed by atoms with E-state index >= 15 is 0 Å². The molecule has 2 aliphatic rings. The lowest BCUT2D eigenvalue weighted by atomic mass is 9.96. The largest absolute Gasteiger partial charge is 0.317 e. The van der Waals surface area contributed by atoms with Gasteiger partial charge >= 0.3 is 0 Å². The molecule has 1 aromatic carbocycles. The summed E-state index contributed by atoms with van der Waals surface area (Å²) < 4.78 is 2.21. The number of amides is 1. The molecule has 8 heteroatoms. The van der Waals surface area contributed by atoms with Crippen LogP contribution in [0.25, 0.3) is 0 Å². The lowest BCUT2D eigenvalue weighted by Gasteiger charge is -2.10. The van der Waals surface area contributed by atoms with E-state index in [0.717, 1.165) is 53.8 Å². The van der Waals surface area contributed by atoms with Crippen molar-refractivity contribution < 1.29 is 4.79 Å². The summed E-state index contributed by atoms with van der Waals surface area (Å²) in [5.41, 5.74) is 3.04. The Morgan fingerprint density at radius 1 is 1.22 bits per heavy atom. The highest BCUT2D eigenvalue weighted by Crippen LogP contribution is 2.40. The Balaban J connectivity index is 1.22. The number of aryl methyl sites for hydroxylation is 1. The number of thioether (sulfide) groups is 1. The first kappa shape index (κ1) is 21.2. The minimum absolute atomic E-state index is 0.0517. The number of fused-ring (bicyclic) bond motifs is 1. The van der Waals surface area contributed by atoms with Crippen LogP contribution >= 0.6 is 23.1 Å². The first-order chi connectivity index (χ1) is 15.7. The smallest absolute Gasteiger partial charge is 0.225 e. The molecule has 0 bridgehead atoms. The van der Waals surface area contributed by atoms with Crippen molar-refractivity contribution in [3.8, 4) is 6.07 Å². The van der Waals surface area contributed by atoms with Crippen LogP contribution in [0.3, 0.4) is 0 Å². The number of rotatable bonds is 8. The molecule has 3 aromatic rings. The number of benzene rings is 1. The van der Waals surface area contributed by atoms with E-state index < -0.39 is 0 Å². The third-order valence-corrected chi connectivity index (χ3v) is 8.14. The van der Waals surface area contributed by atoms with E-state index in [1.165, 1.54) is 23.3 Å². The van der Waals surface area contributed by atoms with E-state index in [0.29, 0.717) is 23.7 Å². The van der Waals surface area contributed by atoms with Crippen LogP contribution in [0.5, 0.6) is 0 Å². The maximum atomic E-state index is 12.6. The van der Waals surface area contributed by atoms with Crippen molar-refractivity contribution in [2.75, 3.05) is 11.1 Å². The molecule has 5 rings (SSSR count). The summed E-state index contributed by atoms with van der Waals surface area (Å²) in [5, 5.41) is 23.1. The first-order valence-electron chi connectivity index (χ1n) is 11.2. The van der Waals surface area contributed by atoms with Crippen molar-refractivity contribution in [2.45, 2.75) is 62.6 Å². The van der Waals surface area contributed by atoms with Gasteiger partial charge in [0.1, 0.15) is 16.9 Å². The summed E-state index contributed by atoms with van der Waals surface area (Å²) >= 11 is 3.15. The van der Waals surface area contributed by atoms with Gasteiger partial charge in [-0.3, -0.25) is 4.79 Å². The van der Waals surface area contributed by atoms with Gasteiger partial charge in [0.2, 0.25) is 5.91 Å². The Morgan fingerprint density at radius 3 is 2.81 bits per heavy atom. The molecule has 1 fully saturated rings. The van der Waals surface area contributed by atoms with Crippen molar-refractivity contribution in [3.63, 3.8) is 0 Å². The fourth-order valence-corrected chi connectivity index (χ4v) is 6.30. The lowest BCUT2D eigenvalue weighted by molar-refractivity contribution is -0.115. The summed E-state index contributed by atoms with van der Waals surface area (Å²) in [4.78, 5) is 13.9. The van der Waals surface area contributed by atoms with Crippen LogP contribution in [0.4, 0.5) is 5.00 Å². The summed E-state index contributed by atoms with van der Waals surface area (Å²) in [6, 6.07) is 12.7. The number of aromatic nitrogens is 3. The average molecular weight is 464 g/mol. The Hall–Kier alpha value is -2.63. The van der Waals surface area contributed by atoms with E-state index in [1.807, 2.05) is 18.2 Å². The monoisotopic (exact) mass is 463 g/mol. The van der Waals surface area contributed by atoms with Crippen LogP contribution in [-0.4, -0.2) is 26.4 Å². The predicted octanol–water partition coefficient (Wildman–Crippen LogP) is 5.14. The Morgan fingerprint density at radius 2 is 2.03 bits per heavy atom. The molecule has 2 heterocycles. The number of hydrogen-bond donors (Lipinski definition) is 1. The molecule has 6 nitrogen and oxygen atoms in total. The average Bonchev–Trinajstić information content (AvgIpc) is 3.49. The topological polar surface area (TPSA) is 83.6 Å². The van der Waals surface area contributed by atoms with Crippen molar-refractivity contribution in [1.82, 2.24) is 14.8 Å². The molecule has 0 aliphatic heterocycles. The second-order valence-electron chi connectivity index (χ2n) is 8.36. The van der Waals surface area contributed by atoms with Crippen molar-refractivity contribution in [3.05, 3.63) is 57.7 Å². The van der Waals surface area contributed by atoms with E-state index in [1.54, 1.807) is 23.1 Å². The predicted molar refractivity (Wildman–Crippen MR) is 127 cm³/mol. The van der Waals surface area contributed by atoms with Gasteiger partial charge in [-0.1, -0.05) is 42.1 Å². The lowest BCUT2D eigenvalue weighted by Crippen LogP contribution is -2.12. The van der Waals surface area contributed by atoms with Crippen molar-refractivity contribution in [2.24, 2.45) is 0 Å². The molecule has 0 atom stereocenters. The quantitative estimate of drug-likeness (QED) is 0.468. The van der Waals surface area contributed by atoms with Crippen molar-refractivity contribution in [1.29, 1.82) is 5.26 Å². The summed E-state index contributed by atoms with van der Waals surface area (Å²) in [5.74, 6) is 2.14. The molecule has 0 spiro atoms. The molecule has 1 amide bonds. The molecule has 2 aliphatic carbocycles. The van der Waals surface area contributed by atoms with Gasteiger partial charge in [0, 0.05) is 23.0 Å². The van der Waals surface area contributed by atoms with Crippen LogP contribution < -0.4 is 5.32 Å². The van der Waals surface area contributed by atoms with E-state index in [4.69, 9.17) is 0 Å². The third kappa shape index (κ3) is 4.59. The Kier molecular flexibility index (Phi) is 6.28. The molecule has 0 unspecified atom stereocenters. The van der Waals surface area contributed by atoms with Gasteiger partial charge in [0.25, 0.3) is 0 Å². The minimum atomic E-state index is -0.0517. The number of thiophene rings is 1. The molecule has 0 saturated heterocycles. The number of carbonyl (C=O) groups is 1. The highest BCUT2D eigenvalue weighted by Gasteiger charge is 2.30. The van der Waals surface area contributed by atoms with Gasteiger partial charge in [-0.2, -0.15) is 5.26 Å². The van der Waals surface area contributed by atoms with Crippen LogP contribution in [0.15, 0.2) is 35.5 Å². The highest BCUT2D eigenvalue weighted by molar-refractivity contribution is 7.99. The van der Waals surface area contributed by atoms with Gasteiger partial charge in [-0.15, -0.1) is 21.5 Å². The number of nitrogens with zero attached hydrogens (tertiary/aromatic N) is 4. The molecule has 32 heavy (non-hydrogen) atoms. The second kappa shape index (κ2) is 9.47. The number of nitrogens with one attached hydrogen (secondary N) is 1. The van der Waals surface area contributed by atoms with E-state index in [-0.39, 0.29) is 5.91 Å².